The summed E-state index contributed by atoms with van der Waals surface area (Å²) in [5, 5.41) is 29.1. The maximum Gasteiger partial charge on any atom is 0.320 e. The third-order valence-corrected chi connectivity index (χ3v) is 13.1. The molecule has 0 amide bonds. The predicted molar refractivity (Wildman–Crippen MR) is 227 cm³/mol. The molecular formula is C48H54ClN5O5. The van der Waals surface area contributed by atoms with Crippen LogP contribution in [0.4, 0.5) is 0 Å². The van der Waals surface area contributed by atoms with E-state index in [1.54, 1.807) is 18.3 Å². The van der Waals surface area contributed by atoms with Crippen molar-refractivity contribution in [3.8, 4) is 40.5 Å². The minimum Gasteiger partial charge on any atom is -0.493 e. The number of piperidine rings is 2. The van der Waals surface area contributed by atoms with Gasteiger partial charge in [0.05, 0.1) is 23.3 Å². The van der Waals surface area contributed by atoms with Crippen LogP contribution in [0.15, 0.2) is 67.0 Å². The molecule has 2 aliphatic heterocycles. The van der Waals surface area contributed by atoms with Crippen molar-refractivity contribution < 1.29 is 24.1 Å². The van der Waals surface area contributed by atoms with Crippen molar-refractivity contribution in [2.24, 2.45) is 11.3 Å². The van der Waals surface area contributed by atoms with E-state index in [2.05, 4.69) is 60.1 Å². The first-order valence-corrected chi connectivity index (χ1v) is 21.4. The zero-order chi connectivity index (χ0) is 41.4. The first kappa shape index (κ1) is 42.0. The Morgan fingerprint density at radius 1 is 0.881 bits per heavy atom. The largest absolute Gasteiger partial charge is 0.493 e. The standard InChI is InChI=1S/C48H54ClN5O5/c1-33-38(8-5-9-40(33)41-10-6-12-44(34(41)2)57-21-7-17-53-19-15-48(16-20-53)14-13-35(25-48)26-50)32-59-46-24-45(58-31-37-22-36(27-51)28-52-29-37)39(23-42(46)49)30-54-18-4-3-11-43(54)47(55)56/h5-6,8-10,12,22-24,28-29,35,43H,3-4,7,11,13-21,25,30-32H2,1-2H3,(H,55,56)/t35?,43-/m0/s1. The summed E-state index contributed by atoms with van der Waals surface area (Å²) in [4.78, 5) is 20.8. The number of nitrogens with zero attached hydrogens (tertiary/aromatic N) is 5. The first-order chi connectivity index (χ1) is 28.6. The van der Waals surface area contributed by atoms with E-state index in [9.17, 15) is 20.4 Å². The van der Waals surface area contributed by atoms with E-state index >= 15 is 0 Å². The number of aromatic nitrogens is 1. The summed E-state index contributed by atoms with van der Waals surface area (Å²) in [5.41, 5.74) is 7.75. The third-order valence-electron chi connectivity index (χ3n) is 12.8. The van der Waals surface area contributed by atoms with Crippen LogP contribution in [0.25, 0.3) is 11.1 Å². The normalized spacial score (nSPS) is 19.2. The molecule has 1 aliphatic carbocycles. The minimum absolute atomic E-state index is 0.159. The molecule has 0 radical (unpaired) electrons. The summed E-state index contributed by atoms with van der Waals surface area (Å²) < 4.78 is 19.1. The average Bonchev–Trinajstić information content (AvgIpc) is 3.66. The number of hydrogen-bond donors (Lipinski definition) is 1. The third kappa shape index (κ3) is 10.2. The van der Waals surface area contributed by atoms with Crippen LogP contribution in [0, 0.1) is 47.8 Å². The van der Waals surface area contributed by atoms with E-state index in [0.29, 0.717) is 53.6 Å². The Kier molecular flexibility index (Phi) is 13.7. The molecule has 1 aromatic heterocycles. The number of carboxylic acids is 1. The number of hydrogen-bond acceptors (Lipinski definition) is 9. The molecule has 11 heteroatoms. The van der Waals surface area contributed by atoms with Gasteiger partial charge in [-0.15, -0.1) is 0 Å². The number of benzene rings is 3. The van der Waals surface area contributed by atoms with Gasteiger partial charge in [0.1, 0.15) is 42.6 Å². The van der Waals surface area contributed by atoms with Gasteiger partial charge in [-0.2, -0.15) is 10.5 Å². The van der Waals surface area contributed by atoms with Crippen LogP contribution in [-0.4, -0.2) is 64.7 Å². The fourth-order valence-corrected chi connectivity index (χ4v) is 9.50. The highest BCUT2D eigenvalue weighted by Crippen LogP contribution is 2.48. The Labute approximate surface area is 353 Å². The number of likely N-dealkylation sites (tertiary alicyclic amines) is 2. The van der Waals surface area contributed by atoms with Gasteiger partial charge in [0, 0.05) is 48.6 Å². The second-order valence-corrected chi connectivity index (χ2v) is 17.0. The summed E-state index contributed by atoms with van der Waals surface area (Å²) in [5.74, 6) is 1.30. The van der Waals surface area contributed by atoms with Crippen LogP contribution in [-0.2, 0) is 24.6 Å². The molecule has 10 nitrogen and oxygen atoms in total. The highest BCUT2D eigenvalue weighted by Gasteiger charge is 2.41. The lowest BCUT2D eigenvalue weighted by Crippen LogP contribution is -2.44. The Morgan fingerprint density at radius 3 is 2.42 bits per heavy atom. The molecule has 308 valence electrons. The molecular weight excluding hydrogens is 762 g/mol. The minimum atomic E-state index is -0.831. The molecule has 2 atom stereocenters. The highest BCUT2D eigenvalue weighted by atomic mass is 35.5. The smallest absolute Gasteiger partial charge is 0.320 e. The van der Waals surface area contributed by atoms with Crippen molar-refractivity contribution >= 4 is 17.6 Å². The zero-order valence-electron chi connectivity index (χ0n) is 34.2. The van der Waals surface area contributed by atoms with Gasteiger partial charge in [0.25, 0.3) is 0 Å². The van der Waals surface area contributed by atoms with Crippen LogP contribution in [0.3, 0.4) is 0 Å². The molecule has 3 aromatic carbocycles. The number of ether oxygens (including phenoxy) is 3. The number of carbonyl (C=O) groups is 1. The van der Waals surface area contributed by atoms with E-state index in [4.69, 9.17) is 25.8 Å². The Hall–Kier alpha value is -5.13. The molecule has 3 fully saturated rings. The van der Waals surface area contributed by atoms with Crippen molar-refractivity contribution in [1.29, 1.82) is 10.5 Å². The summed E-state index contributed by atoms with van der Waals surface area (Å²) in [7, 11) is 0. The van der Waals surface area contributed by atoms with E-state index in [0.717, 1.165) is 96.4 Å². The van der Waals surface area contributed by atoms with Gasteiger partial charge in [-0.3, -0.25) is 14.7 Å². The van der Waals surface area contributed by atoms with Crippen molar-refractivity contribution in [2.75, 3.05) is 32.8 Å². The van der Waals surface area contributed by atoms with Crippen molar-refractivity contribution in [1.82, 2.24) is 14.8 Å². The van der Waals surface area contributed by atoms with E-state index in [1.165, 1.54) is 25.5 Å². The SMILES string of the molecule is Cc1c(COc2cc(OCc3cncc(C#N)c3)c(CN3CCCC[C@H]3C(=O)O)cc2Cl)cccc1-c1cccc(OCCCN2CCC3(CCC(C#N)C3)CC2)c1C. The molecule has 1 unspecified atom stereocenters. The highest BCUT2D eigenvalue weighted by molar-refractivity contribution is 6.32. The van der Waals surface area contributed by atoms with Crippen molar-refractivity contribution in [3.05, 3.63) is 105 Å². The fraction of sp³-hybridized carbons (Fsp3) is 0.458. The maximum atomic E-state index is 12.1. The number of aliphatic carboxylic acids is 1. The number of carboxylic acid groups (broad SMARTS) is 1. The maximum absolute atomic E-state index is 12.1. The lowest BCUT2D eigenvalue weighted by Gasteiger charge is -2.39. The summed E-state index contributed by atoms with van der Waals surface area (Å²) in [6.07, 6.45) is 12.3. The lowest BCUT2D eigenvalue weighted by molar-refractivity contribution is -0.144. The Balaban J connectivity index is 1.01. The topological polar surface area (TPSA) is 132 Å². The fourth-order valence-electron chi connectivity index (χ4n) is 9.25. The molecule has 7 rings (SSSR count). The molecule has 2 saturated heterocycles. The van der Waals surface area contributed by atoms with E-state index < -0.39 is 12.0 Å². The van der Waals surface area contributed by atoms with Gasteiger partial charge in [-0.1, -0.05) is 48.4 Å². The van der Waals surface area contributed by atoms with Crippen LogP contribution in [0.1, 0.15) is 91.2 Å². The molecule has 1 N–H and O–H groups in total. The second-order valence-electron chi connectivity index (χ2n) is 16.6. The van der Waals surface area contributed by atoms with Gasteiger partial charge in [0.15, 0.2) is 0 Å². The van der Waals surface area contributed by atoms with Gasteiger partial charge in [-0.25, -0.2) is 0 Å². The summed E-state index contributed by atoms with van der Waals surface area (Å²) >= 11 is 6.89. The molecule has 1 spiro atoms. The zero-order valence-corrected chi connectivity index (χ0v) is 35.0. The van der Waals surface area contributed by atoms with Crippen LogP contribution < -0.4 is 14.2 Å². The van der Waals surface area contributed by atoms with Crippen molar-refractivity contribution in [2.45, 2.75) is 97.4 Å². The monoisotopic (exact) mass is 815 g/mol. The Bertz CT molecular complexity index is 2210. The number of halogens is 1. The molecule has 0 bridgehead atoms. The average molecular weight is 816 g/mol. The number of nitriles is 2. The van der Waals surface area contributed by atoms with Crippen molar-refractivity contribution in [3.63, 3.8) is 0 Å². The lowest BCUT2D eigenvalue weighted by atomic mass is 9.76. The molecule has 1 saturated carbocycles. The summed E-state index contributed by atoms with van der Waals surface area (Å²) in [6.45, 7) is 9.58. The molecule has 59 heavy (non-hydrogen) atoms. The van der Waals surface area contributed by atoms with E-state index in [-0.39, 0.29) is 19.1 Å². The van der Waals surface area contributed by atoms with Gasteiger partial charge >= 0.3 is 5.97 Å². The second kappa shape index (κ2) is 19.3. The van der Waals surface area contributed by atoms with Crippen LogP contribution >= 0.6 is 11.6 Å². The quantitative estimate of drug-likeness (QED) is 0.116. The summed E-state index contributed by atoms with van der Waals surface area (Å²) in [6, 6.07) is 21.8. The molecule has 3 heterocycles. The van der Waals surface area contributed by atoms with Gasteiger partial charge < -0.3 is 24.2 Å². The van der Waals surface area contributed by atoms with Gasteiger partial charge in [0.2, 0.25) is 0 Å². The number of rotatable bonds is 15. The number of pyridine rings is 1. The van der Waals surface area contributed by atoms with E-state index in [1.807, 2.05) is 23.1 Å². The predicted octanol–water partition coefficient (Wildman–Crippen LogP) is 9.66. The Morgan fingerprint density at radius 2 is 1.66 bits per heavy atom. The molecule has 4 aromatic rings. The first-order valence-electron chi connectivity index (χ1n) is 21.0. The molecule has 3 aliphatic rings. The van der Waals surface area contributed by atoms with Crippen LogP contribution in [0.2, 0.25) is 5.02 Å². The van der Waals surface area contributed by atoms with Gasteiger partial charge in [-0.05, 0) is 136 Å². The van der Waals surface area contributed by atoms with Crippen LogP contribution in [0.5, 0.6) is 17.2 Å².